The van der Waals surface area contributed by atoms with Crippen LogP contribution in [0.4, 0.5) is 0 Å². The summed E-state index contributed by atoms with van der Waals surface area (Å²) in [6.45, 7) is 0.918. The Balaban J connectivity index is 2.48. The van der Waals surface area contributed by atoms with Crippen molar-refractivity contribution in [2.45, 2.75) is 31.7 Å². The van der Waals surface area contributed by atoms with Gasteiger partial charge in [-0.05, 0) is 19.3 Å². The van der Waals surface area contributed by atoms with Crippen molar-refractivity contribution in [2.75, 3.05) is 13.1 Å². The molecule has 1 saturated heterocycles. The van der Waals surface area contributed by atoms with Gasteiger partial charge in [-0.1, -0.05) is 0 Å². The Bertz CT molecular complexity index is 230. The lowest BCUT2D eigenvalue weighted by Gasteiger charge is -2.21. The normalized spacial score (nSPS) is 23.4. The van der Waals surface area contributed by atoms with E-state index in [-0.39, 0.29) is 18.9 Å². The molecule has 1 rings (SSSR count). The van der Waals surface area contributed by atoms with E-state index < -0.39 is 12.0 Å². The zero-order valence-corrected chi connectivity index (χ0v) is 8.11. The molecule has 0 bridgehead atoms. The molecule has 1 aliphatic rings. The highest BCUT2D eigenvalue weighted by Gasteiger charge is 2.23. The van der Waals surface area contributed by atoms with E-state index in [0.29, 0.717) is 13.0 Å². The summed E-state index contributed by atoms with van der Waals surface area (Å²) in [5, 5.41) is 8.50. The first-order valence-corrected chi connectivity index (χ1v) is 4.87. The lowest BCUT2D eigenvalue weighted by atomic mass is 10.1. The zero-order chi connectivity index (χ0) is 10.6. The van der Waals surface area contributed by atoms with Gasteiger partial charge in [0, 0.05) is 13.1 Å². The Hall–Kier alpha value is -1.10. The van der Waals surface area contributed by atoms with Crippen LogP contribution in [0.1, 0.15) is 25.7 Å². The summed E-state index contributed by atoms with van der Waals surface area (Å²) in [6, 6.07) is -0.439. The van der Waals surface area contributed by atoms with Crippen LogP contribution in [-0.2, 0) is 9.59 Å². The molecule has 1 atom stereocenters. The Labute approximate surface area is 82.9 Å². The summed E-state index contributed by atoms with van der Waals surface area (Å²) in [5.41, 5.74) is 5.64. The van der Waals surface area contributed by atoms with Crippen LogP contribution < -0.4 is 5.73 Å². The van der Waals surface area contributed by atoms with E-state index in [0.717, 1.165) is 12.8 Å². The van der Waals surface area contributed by atoms with Crippen LogP contribution in [0.25, 0.3) is 0 Å². The van der Waals surface area contributed by atoms with Crippen molar-refractivity contribution in [1.82, 2.24) is 4.90 Å². The van der Waals surface area contributed by atoms with Crippen LogP contribution >= 0.6 is 0 Å². The lowest BCUT2D eigenvalue weighted by molar-refractivity contribution is -0.138. The predicted octanol–water partition coefficient (Wildman–Crippen LogP) is -0.199. The van der Waals surface area contributed by atoms with Gasteiger partial charge in [-0.15, -0.1) is 0 Å². The van der Waals surface area contributed by atoms with Crippen LogP contribution in [0, 0.1) is 0 Å². The Morgan fingerprint density at radius 3 is 2.93 bits per heavy atom. The Morgan fingerprint density at radius 2 is 2.29 bits per heavy atom. The summed E-state index contributed by atoms with van der Waals surface area (Å²) in [4.78, 5) is 23.5. The lowest BCUT2D eigenvalue weighted by Crippen LogP contribution is -2.43. The summed E-state index contributed by atoms with van der Waals surface area (Å²) in [6.07, 6.45) is 2.57. The molecule has 0 aromatic heterocycles. The van der Waals surface area contributed by atoms with Gasteiger partial charge in [0.2, 0.25) is 5.91 Å². The smallest absolute Gasteiger partial charge is 0.305 e. The van der Waals surface area contributed by atoms with Gasteiger partial charge in [0.1, 0.15) is 0 Å². The maximum absolute atomic E-state index is 11.6. The maximum atomic E-state index is 11.6. The van der Waals surface area contributed by atoms with Crippen LogP contribution in [0.2, 0.25) is 0 Å². The molecule has 0 unspecified atom stereocenters. The second kappa shape index (κ2) is 4.95. The third-order valence-electron chi connectivity index (χ3n) is 2.42. The van der Waals surface area contributed by atoms with Crippen molar-refractivity contribution in [3.05, 3.63) is 0 Å². The van der Waals surface area contributed by atoms with Gasteiger partial charge in [0.15, 0.2) is 0 Å². The standard InChI is InChI=1S/C9H16N2O3/c10-7-3-1-2-5-11(9(7)14)6-4-8(12)13/h7H,1-6,10H2,(H,12,13)/t7-/m0/s1. The van der Waals surface area contributed by atoms with E-state index in [4.69, 9.17) is 10.8 Å². The highest BCUT2D eigenvalue weighted by molar-refractivity contribution is 5.82. The van der Waals surface area contributed by atoms with Gasteiger partial charge in [-0.2, -0.15) is 0 Å². The molecule has 3 N–H and O–H groups in total. The second-order valence-electron chi connectivity index (χ2n) is 3.57. The Morgan fingerprint density at radius 1 is 1.57 bits per heavy atom. The van der Waals surface area contributed by atoms with Crippen LogP contribution in [0.3, 0.4) is 0 Å². The fourth-order valence-corrected chi connectivity index (χ4v) is 1.59. The predicted molar refractivity (Wildman–Crippen MR) is 50.7 cm³/mol. The van der Waals surface area contributed by atoms with Crippen LogP contribution in [0.5, 0.6) is 0 Å². The maximum Gasteiger partial charge on any atom is 0.305 e. The van der Waals surface area contributed by atoms with E-state index in [1.54, 1.807) is 4.90 Å². The largest absolute Gasteiger partial charge is 0.481 e. The number of nitrogens with two attached hydrogens (primary N) is 1. The highest BCUT2D eigenvalue weighted by Crippen LogP contribution is 2.10. The number of carboxylic acids is 1. The molecule has 5 nitrogen and oxygen atoms in total. The minimum Gasteiger partial charge on any atom is -0.481 e. The first-order valence-electron chi connectivity index (χ1n) is 4.87. The molecule has 0 aliphatic carbocycles. The van der Waals surface area contributed by atoms with E-state index in [1.807, 2.05) is 0 Å². The molecule has 1 heterocycles. The molecule has 80 valence electrons. The quantitative estimate of drug-likeness (QED) is 0.661. The van der Waals surface area contributed by atoms with Gasteiger partial charge in [0.05, 0.1) is 12.5 Å². The second-order valence-corrected chi connectivity index (χ2v) is 3.57. The molecule has 0 spiro atoms. The monoisotopic (exact) mass is 200 g/mol. The number of amides is 1. The summed E-state index contributed by atoms with van der Waals surface area (Å²) in [5.74, 6) is -0.987. The van der Waals surface area contributed by atoms with Gasteiger partial charge >= 0.3 is 5.97 Å². The zero-order valence-electron chi connectivity index (χ0n) is 8.11. The van der Waals surface area contributed by atoms with Crippen LogP contribution in [0.15, 0.2) is 0 Å². The van der Waals surface area contributed by atoms with Crippen molar-refractivity contribution >= 4 is 11.9 Å². The number of hydrogen-bond donors (Lipinski definition) is 2. The molecule has 0 aromatic carbocycles. The molecular formula is C9H16N2O3. The molecule has 14 heavy (non-hydrogen) atoms. The van der Waals surface area contributed by atoms with Gasteiger partial charge < -0.3 is 15.7 Å². The third kappa shape index (κ3) is 2.99. The molecule has 0 aromatic rings. The summed E-state index contributed by atoms with van der Waals surface area (Å²) >= 11 is 0. The van der Waals surface area contributed by atoms with Gasteiger partial charge in [-0.25, -0.2) is 0 Å². The summed E-state index contributed by atoms with van der Waals surface area (Å²) in [7, 11) is 0. The molecule has 5 heteroatoms. The molecule has 0 saturated carbocycles. The first kappa shape index (κ1) is 11.0. The number of likely N-dealkylation sites (tertiary alicyclic amines) is 1. The van der Waals surface area contributed by atoms with Crippen molar-refractivity contribution in [3.63, 3.8) is 0 Å². The average molecular weight is 200 g/mol. The van der Waals surface area contributed by atoms with Crippen molar-refractivity contribution in [1.29, 1.82) is 0 Å². The van der Waals surface area contributed by atoms with Crippen molar-refractivity contribution < 1.29 is 14.7 Å². The molecular weight excluding hydrogens is 184 g/mol. The molecule has 1 aliphatic heterocycles. The number of hydrogen-bond acceptors (Lipinski definition) is 3. The number of carbonyl (C=O) groups excluding carboxylic acids is 1. The van der Waals surface area contributed by atoms with E-state index in [9.17, 15) is 9.59 Å². The molecule has 1 fully saturated rings. The molecule has 1 amide bonds. The highest BCUT2D eigenvalue weighted by atomic mass is 16.4. The number of nitrogens with zero attached hydrogens (tertiary/aromatic N) is 1. The Kier molecular flexibility index (Phi) is 3.88. The van der Waals surface area contributed by atoms with E-state index in [2.05, 4.69) is 0 Å². The number of carboxylic acid groups (broad SMARTS) is 1. The van der Waals surface area contributed by atoms with Crippen LogP contribution in [-0.4, -0.2) is 41.0 Å². The van der Waals surface area contributed by atoms with Crippen molar-refractivity contribution in [2.24, 2.45) is 5.73 Å². The van der Waals surface area contributed by atoms with Gasteiger partial charge in [0.25, 0.3) is 0 Å². The first-order chi connectivity index (χ1) is 6.61. The third-order valence-corrected chi connectivity index (χ3v) is 2.42. The molecule has 0 radical (unpaired) electrons. The number of carbonyl (C=O) groups is 2. The van der Waals surface area contributed by atoms with E-state index in [1.165, 1.54) is 0 Å². The van der Waals surface area contributed by atoms with E-state index >= 15 is 0 Å². The van der Waals surface area contributed by atoms with Gasteiger partial charge in [-0.3, -0.25) is 9.59 Å². The minimum absolute atomic E-state index is 0.00153. The number of rotatable bonds is 3. The van der Waals surface area contributed by atoms with Crippen molar-refractivity contribution in [3.8, 4) is 0 Å². The minimum atomic E-state index is -0.879. The fraction of sp³-hybridized carbons (Fsp3) is 0.778. The number of aliphatic carboxylic acids is 1. The summed E-state index contributed by atoms with van der Waals surface area (Å²) < 4.78 is 0. The topological polar surface area (TPSA) is 83.6 Å². The SMILES string of the molecule is N[C@H]1CCCCN(CCC(=O)O)C1=O. The fourth-order valence-electron chi connectivity index (χ4n) is 1.59. The average Bonchev–Trinajstić information content (AvgIpc) is 2.28.